The van der Waals surface area contributed by atoms with Crippen LogP contribution in [-0.2, 0) is 4.79 Å². The highest BCUT2D eigenvalue weighted by molar-refractivity contribution is 5.79. The number of piperidine rings is 4. The van der Waals surface area contributed by atoms with Gasteiger partial charge < -0.3 is 14.5 Å². The van der Waals surface area contributed by atoms with Crippen LogP contribution in [0.5, 0.6) is 5.75 Å². The minimum absolute atomic E-state index is 0.260. The fourth-order valence-corrected chi connectivity index (χ4v) is 4.89. The first kappa shape index (κ1) is 15.9. The van der Waals surface area contributed by atoms with E-state index in [0.717, 1.165) is 38.2 Å². The van der Waals surface area contributed by atoms with Gasteiger partial charge in [-0.05, 0) is 62.2 Å². The maximum atomic E-state index is 13.0. The second-order valence-corrected chi connectivity index (χ2v) is 7.59. The summed E-state index contributed by atoms with van der Waals surface area (Å²) in [4.78, 5) is 17.6. The first-order valence-corrected chi connectivity index (χ1v) is 9.40. The first-order valence-electron chi connectivity index (χ1n) is 9.40. The van der Waals surface area contributed by atoms with Crippen LogP contribution in [0.3, 0.4) is 0 Å². The predicted octanol–water partition coefficient (Wildman–Crippen LogP) is 2.74. The zero-order chi connectivity index (χ0) is 16.5. The molecule has 0 aromatic heterocycles. The topological polar surface area (TPSA) is 32.8 Å². The summed E-state index contributed by atoms with van der Waals surface area (Å²) in [5, 5.41) is 0. The van der Waals surface area contributed by atoms with E-state index in [1.54, 1.807) is 7.11 Å². The van der Waals surface area contributed by atoms with E-state index in [1.807, 2.05) is 12.1 Å². The summed E-state index contributed by atoms with van der Waals surface area (Å²) < 4.78 is 5.52. The van der Waals surface area contributed by atoms with Gasteiger partial charge in [0.2, 0.25) is 5.91 Å². The molecule has 4 nitrogen and oxygen atoms in total. The van der Waals surface area contributed by atoms with Crippen molar-refractivity contribution in [3.05, 3.63) is 29.8 Å². The largest absolute Gasteiger partial charge is 0.496 e. The predicted molar refractivity (Wildman–Crippen MR) is 94.2 cm³/mol. The van der Waals surface area contributed by atoms with Crippen LogP contribution in [0.1, 0.15) is 37.2 Å². The van der Waals surface area contributed by atoms with Crippen LogP contribution in [0.25, 0.3) is 0 Å². The lowest BCUT2D eigenvalue weighted by Gasteiger charge is -2.46. The Morgan fingerprint density at radius 1 is 1.04 bits per heavy atom. The van der Waals surface area contributed by atoms with E-state index in [1.165, 1.54) is 31.5 Å². The molecule has 1 amide bonds. The highest BCUT2D eigenvalue weighted by atomic mass is 16.5. The molecular weight excluding hydrogens is 300 g/mol. The molecule has 1 aromatic carbocycles. The smallest absolute Gasteiger partial charge is 0.227 e. The normalized spacial score (nSPS) is 30.4. The van der Waals surface area contributed by atoms with E-state index >= 15 is 0 Å². The number of ether oxygens (including phenoxy) is 1. The lowest BCUT2D eigenvalue weighted by molar-refractivity contribution is -0.143. The number of benzene rings is 1. The molecule has 1 unspecified atom stereocenters. The van der Waals surface area contributed by atoms with E-state index in [4.69, 9.17) is 4.74 Å². The Hall–Kier alpha value is -1.55. The van der Waals surface area contributed by atoms with Crippen molar-refractivity contribution >= 4 is 5.91 Å². The highest BCUT2D eigenvalue weighted by Crippen LogP contribution is 2.37. The maximum absolute atomic E-state index is 13.0. The van der Waals surface area contributed by atoms with Gasteiger partial charge >= 0.3 is 0 Å². The van der Waals surface area contributed by atoms with Crippen LogP contribution in [0.4, 0.5) is 0 Å². The summed E-state index contributed by atoms with van der Waals surface area (Å²) in [5.74, 6) is 2.81. The summed E-state index contributed by atoms with van der Waals surface area (Å²) in [5.41, 5.74) is 1.30. The van der Waals surface area contributed by atoms with Crippen LogP contribution in [0, 0.1) is 11.8 Å². The number of nitrogens with zero attached hydrogens (tertiary/aromatic N) is 2. The second-order valence-electron chi connectivity index (χ2n) is 7.59. The van der Waals surface area contributed by atoms with Crippen molar-refractivity contribution in [3.8, 4) is 5.75 Å². The Balaban J connectivity index is 1.38. The Bertz CT molecular complexity index is 587. The fourth-order valence-electron chi connectivity index (χ4n) is 4.89. The summed E-state index contributed by atoms with van der Waals surface area (Å²) >= 11 is 0. The minimum Gasteiger partial charge on any atom is -0.496 e. The van der Waals surface area contributed by atoms with Crippen molar-refractivity contribution in [2.24, 2.45) is 11.8 Å². The molecule has 0 spiro atoms. The van der Waals surface area contributed by atoms with Crippen molar-refractivity contribution < 1.29 is 9.53 Å². The van der Waals surface area contributed by atoms with Crippen molar-refractivity contribution in [3.63, 3.8) is 0 Å². The molecule has 0 aliphatic carbocycles. The molecule has 5 rings (SSSR count). The molecule has 4 aliphatic rings. The van der Waals surface area contributed by atoms with E-state index in [2.05, 4.69) is 21.9 Å². The van der Waals surface area contributed by atoms with Gasteiger partial charge in [0.15, 0.2) is 0 Å². The maximum Gasteiger partial charge on any atom is 0.227 e. The second kappa shape index (κ2) is 6.75. The third kappa shape index (κ3) is 2.92. The first-order chi connectivity index (χ1) is 11.8. The van der Waals surface area contributed by atoms with E-state index in [9.17, 15) is 4.79 Å². The lowest BCUT2D eigenvalue weighted by atomic mass is 9.78. The molecule has 4 heterocycles. The summed E-state index contributed by atoms with van der Waals surface area (Å²) in [6.07, 6.45) is 4.53. The number of hydrogen-bond donors (Lipinski definition) is 0. The Morgan fingerprint density at radius 3 is 2.38 bits per heavy atom. The number of para-hydroxylation sites is 1. The standard InChI is InChI=1S/C20H28N2O2/c1-24-19-5-3-2-4-17(19)15-8-12-22(13-9-15)20(23)18-14-21-10-6-16(18)7-11-21/h2-5,15-16,18H,6-14H2,1H3. The molecule has 4 saturated heterocycles. The zero-order valence-corrected chi connectivity index (χ0v) is 14.6. The van der Waals surface area contributed by atoms with Gasteiger partial charge in [0.05, 0.1) is 13.0 Å². The number of likely N-dealkylation sites (tertiary alicyclic amines) is 1. The number of carbonyl (C=O) groups excluding carboxylic acids is 1. The van der Waals surface area contributed by atoms with Crippen molar-refractivity contribution in [1.29, 1.82) is 0 Å². The minimum atomic E-state index is 0.260. The molecule has 130 valence electrons. The summed E-state index contributed by atoms with van der Waals surface area (Å²) in [6.45, 7) is 5.18. The van der Waals surface area contributed by atoms with E-state index in [-0.39, 0.29) is 5.92 Å². The number of methoxy groups -OCH3 is 1. The monoisotopic (exact) mass is 328 g/mol. The van der Waals surface area contributed by atoms with Gasteiger partial charge in [0.1, 0.15) is 5.75 Å². The Labute approximate surface area is 144 Å². The molecule has 24 heavy (non-hydrogen) atoms. The molecule has 1 atom stereocenters. The lowest BCUT2D eigenvalue weighted by Crippen LogP contribution is -2.54. The van der Waals surface area contributed by atoms with Gasteiger partial charge in [-0.25, -0.2) is 0 Å². The van der Waals surface area contributed by atoms with Crippen LogP contribution < -0.4 is 4.74 Å². The molecule has 4 aliphatic heterocycles. The van der Waals surface area contributed by atoms with Crippen LogP contribution >= 0.6 is 0 Å². The average Bonchev–Trinajstić information content (AvgIpc) is 2.68. The molecule has 0 radical (unpaired) electrons. The fraction of sp³-hybridized carbons (Fsp3) is 0.650. The van der Waals surface area contributed by atoms with Gasteiger partial charge in [0.25, 0.3) is 0 Å². The summed E-state index contributed by atoms with van der Waals surface area (Å²) in [6, 6.07) is 8.32. The third-order valence-corrected chi connectivity index (χ3v) is 6.36. The van der Waals surface area contributed by atoms with Crippen molar-refractivity contribution in [2.45, 2.75) is 31.6 Å². The number of fused-ring (bicyclic) bond motifs is 3. The summed E-state index contributed by atoms with van der Waals surface area (Å²) in [7, 11) is 1.74. The van der Waals surface area contributed by atoms with Gasteiger partial charge in [-0.15, -0.1) is 0 Å². The Kier molecular flexibility index (Phi) is 4.49. The Morgan fingerprint density at radius 2 is 1.75 bits per heavy atom. The van der Waals surface area contributed by atoms with Gasteiger partial charge in [-0.2, -0.15) is 0 Å². The quantitative estimate of drug-likeness (QED) is 0.855. The van der Waals surface area contributed by atoms with Crippen LogP contribution in [0.15, 0.2) is 24.3 Å². The molecule has 4 heteroatoms. The molecule has 1 aromatic rings. The van der Waals surface area contributed by atoms with E-state index < -0.39 is 0 Å². The number of hydrogen-bond acceptors (Lipinski definition) is 3. The number of rotatable bonds is 3. The molecule has 0 saturated carbocycles. The molecule has 2 bridgehead atoms. The van der Waals surface area contributed by atoms with Gasteiger partial charge in [-0.1, -0.05) is 18.2 Å². The molecule has 0 N–H and O–H groups in total. The molecule has 4 fully saturated rings. The zero-order valence-electron chi connectivity index (χ0n) is 14.6. The van der Waals surface area contributed by atoms with E-state index in [0.29, 0.717) is 17.7 Å². The SMILES string of the molecule is COc1ccccc1C1CCN(C(=O)C2CN3CCC2CC3)CC1. The molecular formula is C20H28N2O2. The van der Waals surface area contributed by atoms with Gasteiger partial charge in [-0.3, -0.25) is 4.79 Å². The highest BCUT2D eigenvalue weighted by Gasteiger charge is 2.40. The number of amides is 1. The third-order valence-electron chi connectivity index (χ3n) is 6.36. The number of carbonyl (C=O) groups is 1. The average molecular weight is 328 g/mol. The van der Waals surface area contributed by atoms with Crippen molar-refractivity contribution in [1.82, 2.24) is 9.80 Å². The van der Waals surface area contributed by atoms with Crippen molar-refractivity contribution in [2.75, 3.05) is 39.8 Å². The van der Waals surface area contributed by atoms with Crippen LogP contribution in [-0.4, -0.2) is 55.5 Å². The van der Waals surface area contributed by atoms with Gasteiger partial charge in [0, 0.05) is 19.6 Å². The van der Waals surface area contributed by atoms with Crippen LogP contribution in [0.2, 0.25) is 0 Å².